The molecule has 0 saturated heterocycles. The van der Waals surface area contributed by atoms with Crippen molar-refractivity contribution in [1.82, 2.24) is 0 Å². The van der Waals surface area contributed by atoms with Crippen LogP contribution in [0.15, 0.2) is 6.07 Å². The van der Waals surface area contributed by atoms with Crippen LogP contribution in [-0.2, 0) is 19.9 Å². The molecular weight excluding hydrogens is 276 g/mol. The van der Waals surface area contributed by atoms with Crippen LogP contribution in [0, 0.1) is 6.92 Å². The fourth-order valence-electron chi connectivity index (χ4n) is 2.72. The average Bonchev–Trinajstić information content (AvgIpc) is 2.66. The quantitative estimate of drug-likeness (QED) is 0.859. The van der Waals surface area contributed by atoms with E-state index in [2.05, 4.69) is 0 Å². The number of carbonyl (C=O) groups is 2. The van der Waals surface area contributed by atoms with Gasteiger partial charge in [0.15, 0.2) is 5.60 Å². The summed E-state index contributed by atoms with van der Waals surface area (Å²) in [6.07, 6.45) is -0.703. The van der Waals surface area contributed by atoms with E-state index in [1.54, 1.807) is 20.8 Å². The first-order chi connectivity index (χ1) is 9.72. The topological polar surface area (TPSA) is 82.1 Å². The van der Waals surface area contributed by atoms with E-state index in [-0.39, 0.29) is 11.3 Å². The third-order valence-electron chi connectivity index (χ3n) is 3.86. The van der Waals surface area contributed by atoms with Gasteiger partial charge in [-0.3, -0.25) is 4.79 Å². The molecule has 21 heavy (non-hydrogen) atoms. The van der Waals surface area contributed by atoms with Crippen molar-refractivity contribution in [2.75, 3.05) is 7.11 Å². The molecule has 0 amide bonds. The van der Waals surface area contributed by atoms with Gasteiger partial charge in [-0.25, -0.2) is 4.79 Å². The molecule has 2 rings (SSSR count). The minimum Gasteiger partial charge on any atom is -0.507 e. The number of rotatable bonds is 3. The molecule has 1 aromatic carbocycles. The minimum absolute atomic E-state index is 0.0924. The Bertz CT molecular complexity index is 621. The monoisotopic (exact) mass is 294 g/mol. The zero-order valence-electron chi connectivity index (χ0n) is 12.6. The predicted octanol–water partition coefficient (Wildman–Crippen LogP) is 2.05. The van der Waals surface area contributed by atoms with Gasteiger partial charge < -0.3 is 19.3 Å². The summed E-state index contributed by atoms with van der Waals surface area (Å²) in [6.45, 7) is 6.33. The van der Waals surface area contributed by atoms with Crippen LogP contribution in [0.4, 0.5) is 0 Å². The van der Waals surface area contributed by atoms with Crippen molar-refractivity contribution in [3.8, 4) is 11.5 Å². The molecule has 0 bridgehead atoms. The highest BCUT2D eigenvalue weighted by molar-refractivity contribution is 5.98. The van der Waals surface area contributed by atoms with E-state index in [9.17, 15) is 14.7 Å². The fourth-order valence-corrected chi connectivity index (χ4v) is 2.72. The first-order valence-corrected chi connectivity index (χ1v) is 6.54. The van der Waals surface area contributed by atoms with Crippen molar-refractivity contribution in [3.63, 3.8) is 0 Å². The van der Waals surface area contributed by atoms with Gasteiger partial charge in [-0.15, -0.1) is 0 Å². The van der Waals surface area contributed by atoms with Crippen LogP contribution in [0.1, 0.15) is 42.3 Å². The lowest BCUT2D eigenvalue weighted by molar-refractivity contribution is -0.159. The van der Waals surface area contributed by atoms with E-state index in [4.69, 9.17) is 14.2 Å². The average molecular weight is 294 g/mol. The summed E-state index contributed by atoms with van der Waals surface area (Å²) in [6, 6.07) is 1.37. The Morgan fingerprint density at radius 3 is 2.62 bits per heavy atom. The molecule has 114 valence electrons. The summed E-state index contributed by atoms with van der Waals surface area (Å²) in [5.74, 6) is -0.894. The van der Waals surface area contributed by atoms with E-state index in [0.717, 1.165) is 0 Å². The number of fused-ring (bicyclic) bond motifs is 1. The number of ether oxygens (including phenoxy) is 3. The van der Waals surface area contributed by atoms with Gasteiger partial charge in [0.1, 0.15) is 23.2 Å². The van der Waals surface area contributed by atoms with Crippen molar-refractivity contribution in [2.45, 2.75) is 39.4 Å². The molecule has 2 atom stereocenters. The molecule has 0 radical (unpaired) electrons. The largest absolute Gasteiger partial charge is 0.507 e. The lowest BCUT2D eigenvalue weighted by atomic mass is 9.85. The van der Waals surface area contributed by atoms with E-state index in [1.807, 2.05) is 0 Å². The highest BCUT2D eigenvalue weighted by Crippen LogP contribution is 2.47. The number of hydrogen-bond acceptors (Lipinski definition) is 6. The summed E-state index contributed by atoms with van der Waals surface area (Å²) in [5, 5.41) is 10.0. The van der Waals surface area contributed by atoms with E-state index in [0.29, 0.717) is 16.9 Å². The maximum absolute atomic E-state index is 12.1. The highest BCUT2D eigenvalue weighted by Gasteiger charge is 2.50. The molecule has 1 N–H and O–H groups in total. The Labute approximate surface area is 122 Å². The molecule has 0 aromatic heterocycles. The molecule has 0 saturated carbocycles. The zero-order chi connectivity index (χ0) is 15.9. The summed E-state index contributed by atoms with van der Waals surface area (Å²) in [4.78, 5) is 23.3. The second-order valence-corrected chi connectivity index (χ2v) is 5.22. The molecule has 2 unspecified atom stereocenters. The van der Waals surface area contributed by atoms with Crippen molar-refractivity contribution in [1.29, 1.82) is 0 Å². The lowest BCUT2D eigenvalue weighted by Crippen LogP contribution is -2.38. The van der Waals surface area contributed by atoms with Gasteiger partial charge in [0.25, 0.3) is 0 Å². The van der Waals surface area contributed by atoms with Gasteiger partial charge in [-0.05, 0) is 26.3 Å². The normalized spacial score (nSPS) is 21.5. The van der Waals surface area contributed by atoms with E-state index < -0.39 is 23.6 Å². The third-order valence-corrected chi connectivity index (χ3v) is 3.86. The third kappa shape index (κ3) is 2.20. The van der Waals surface area contributed by atoms with E-state index in [1.165, 1.54) is 20.1 Å². The maximum atomic E-state index is 12.1. The van der Waals surface area contributed by atoms with Gasteiger partial charge >= 0.3 is 11.9 Å². The molecule has 0 fully saturated rings. The zero-order valence-corrected chi connectivity index (χ0v) is 12.6. The summed E-state index contributed by atoms with van der Waals surface area (Å²) in [5.41, 5.74) is 0.0688. The Kier molecular flexibility index (Phi) is 3.57. The second-order valence-electron chi connectivity index (χ2n) is 5.22. The Morgan fingerprint density at radius 1 is 1.48 bits per heavy atom. The Balaban J connectivity index is 2.66. The van der Waals surface area contributed by atoms with Crippen LogP contribution in [0.5, 0.6) is 11.5 Å². The summed E-state index contributed by atoms with van der Waals surface area (Å²) in [7, 11) is 1.47. The van der Waals surface area contributed by atoms with Crippen molar-refractivity contribution in [3.05, 3.63) is 22.8 Å². The number of phenolic OH excluding ortho intramolecular Hbond substituents is 1. The number of phenols is 1. The molecular formula is C15H18O6. The first-order valence-electron chi connectivity index (χ1n) is 6.54. The second kappa shape index (κ2) is 4.95. The number of carbonyl (C=O) groups excluding carboxylic acids is 2. The summed E-state index contributed by atoms with van der Waals surface area (Å²) < 4.78 is 15.8. The number of hydrogen-bond donors (Lipinski definition) is 1. The molecule has 1 aliphatic heterocycles. The predicted molar refractivity (Wildman–Crippen MR) is 73.4 cm³/mol. The minimum atomic E-state index is -1.17. The molecule has 0 spiro atoms. The van der Waals surface area contributed by atoms with Crippen molar-refractivity contribution in [2.24, 2.45) is 0 Å². The van der Waals surface area contributed by atoms with Crippen LogP contribution in [-0.4, -0.2) is 30.3 Å². The van der Waals surface area contributed by atoms with Gasteiger partial charge in [0.2, 0.25) is 0 Å². The maximum Gasteiger partial charge on any atom is 0.343 e. The highest BCUT2D eigenvalue weighted by atomic mass is 16.6. The van der Waals surface area contributed by atoms with Crippen LogP contribution in [0.25, 0.3) is 0 Å². The molecule has 1 aliphatic rings. The number of esters is 2. The van der Waals surface area contributed by atoms with Gasteiger partial charge in [-0.1, -0.05) is 0 Å². The van der Waals surface area contributed by atoms with Crippen LogP contribution in [0.3, 0.4) is 0 Å². The number of methoxy groups -OCH3 is 1. The number of aromatic hydroxyl groups is 1. The first kappa shape index (κ1) is 15.2. The van der Waals surface area contributed by atoms with Crippen molar-refractivity contribution >= 4 is 11.9 Å². The van der Waals surface area contributed by atoms with Gasteiger partial charge in [0.05, 0.1) is 7.11 Å². The molecule has 6 heteroatoms. The Morgan fingerprint density at radius 2 is 2.10 bits per heavy atom. The van der Waals surface area contributed by atoms with Crippen LogP contribution < -0.4 is 4.74 Å². The molecule has 6 nitrogen and oxygen atoms in total. The fraction of sp³-hybridized carbons (Fsp3) is 0.467. The summed E-state index contributed by atoms with van der Waals surface area (Å²) >= 11 is 0. The molecule has 1 heterocycles. The standard InChI is InChI=1S/C15H18O6/c1-7-11(19-5)6-10(17)12-13(7)15(4,21-14(12)18)8(2)20-9(3)16/h6,8,17H,1-5H3. The number of cyclic esters (lactones) is 1. The molecule has 0 aliphatic carbocycles. The smallest absolute Gasteiger partial charge is 0.343 e. The SMILES string of the molecule is COc1cc(O)c2c(c1C)C(C)(C(C)OC(C)=O)OC2=O. The van der Waals surface area contributed by atoms with Gasteiger partial charge in [-0.2, -0.15) is 0 Å². The number of benzene rings is 1. The molecule has 1 aromatic rings. The van der Waals surface area contributed by atoms with Crippen LogP contribution in [0.2, 0.25) is 0 Å². The van der Waals surface area contributed by atoms with Gasteiger partial charge in [0, 0.05) is 18.6 Å². The van der Waals surface area contributed by atoms with Crippen molar-refractivity contribution < 1.29 is 28.9 Å². The Hall–Kier alpha value is -2.24. The van der Waals surface area contributed by atoms with Crippen LogP contribution >= 0.6 is 0 Å². The van der Waals surface area contributed by atoms with E-state index >= 15 is 0 Å². The lowest BCUT2D eigenvalue weighted by Gasteiger charge is -2.31.